The van der Waals surface area contributed by atoms with Gasteiger partial charge in [-0.15, -0.1) is 0 Å². The van der Waals surface area contributed by atoms with Crippen molar-refractivity contribution in [3.63, 3.8) is 0 Å². The second kappa shape index (κ2) is 4.80. The summed E-state index contributed by atoms with van der Waals surface area (Å²) in [4.78, 5) is 0. The molecule has 4 heteroatoms. The van der Waals surface area contributed by atoms with Crippen LogP contribution in [0.3, 0.4) is 0 Å². The van der Waals surface area contributed by atoms with Gasteiger partial charge >= 0.3 is 0 Å². The van der Waals surface area contributed by atoms with Crippen molar-refractivity contribution < 1.29 is 0 Å². The van der Waals surface area contributed by atoms with E-state index in [0.29, 0.717) is 21.5 Å². The van der Waals surface area contributed by atoms with Crippen molar-refractivity contribution in [2.24, 2.45) is 0 Å². The lowest BCUT2D eigenvalue weighted by Crippen LogP contribution is -1.88. The Morgan fingerprint density at radius 3 is 2.62 bits per heavy atom. The first-order valence-corrected chi connectivity index (χ1v) is 5.06. The Morgan fingerprint density at radius 1 is 1.31 bits per heavy atom. The van der Waals surface area contributed by atoms with Gasteiger partial charge in [-0.05, 0) is 11.6 Å². The molecule has 0 spiro atoms. The highest BCUT2D eigenvalue weighted by Crippen LogP contribution is 2.31. The zero-order valence-corrected chi connectivity index (χ0v) is 9.20. The van der Waals surface area contributed by atoms with Crippen molar-refractivity contribution in [3.8, 4) is 0 Å². The molecule has 1 aromatic carbocycles. The molecule has 0 aliphatic rings. The second-order valence-corrected chi connectivity index (χ2v) is 3.58. The lowest BCUT2D eigenvalue weighted by Gasteiger charge is -2.03. The van der Waals surface area contributed by atoms with Crippen LogP contribution in [0.2, 0.25) is 10.0 Å². The minimum absolute atomic E-state index is 0.406. The summed E-state index contributed by atoms with van der Waals surface area (Å²) in [7, 11) is 0. The van der Waals surface area contributed by atoms with Gasteiger partial charge < -0.3 is 5.73 Å². The van der Waals surface area contributed by atoms with Crippen LogP contribution in [0.25, 0.3) is 6.08 Å². The number of nitrogen functional groups attached to an aromatic ring is 1. The Morgan fingerprint density at radius 2 is 2.00 bits per heavy atom. The Bertz CT molecular complexity index is 337. The molecular weight excluding hydrogens is 225 g/mol. The molecule has 70 valence electrons. The molecule has 0 heterocycles. The molecule has 0 fully saturated rings. The molecule has 0 aliphatic carbocycles. The first kappa shape index (κ1) is 10.8. The van der Waals surface area contributed by atoms with Crippen molar-refractivity contribution in [1.82, 2.24) is 0 Å². The average Bonchev–Trinajstić information content (AvgIpc) is 2.13. The van der Waals surface area contributed by atoms with E-state index in [-0.39, 0.29) is 0 Å². The van der Waals surface area contributed by atoms with Gasteiger partial charge in [-0.1, -0.05) is 41.4 Å². The van der Waals surface area contributed by atoms with Crippen LogP contribution in [0, 0.1) is 0 Å². The zero-order valence-electron chi connectivity index (χ0n) is 6.80. The molecule has 0 saturated heterocycles. The summed E-state index contributed by atoms with van der Waals surface area (Å²) >= 11 is 15.8. The third-order valence-electron chi connectivity index (χ3n) is 1.54. The maximum Gasteiger partial charge on any atom is 0.0827 e. The fourth-order valence-corrected chi connectivity index (χ4v) is 1.40. The second-order valence-electron chi connectivity index (χ2n) is 2.46. The largest absolute Gasteiger partial charge is 0.397 e. The minimum Gasteiger partial charge on any atom is -0.397 e. The number of rotatable bonds is 2. The van der Waals surface area contributed by atoms with Crippen LogP contribution in [-0.4, -0.2) is 5.75 Å². The van der Waals surface area contributed by atoms with Crippen LogP contribution in [0.4, 0.5) is 5.69 Å². The molecule has 0 saturated carbocycles. The van der Waals surface area contributed by atoms with E-state index in [1.165, 1.54) is 0 Å². The number of hydrogen-bond donors (Lipinski definition) is 2. The van der Waals surface area contributed by atoms with Gasteiger partial charge in [0, 0.05) is 5.75 Å². The van der Waals surface area contributed by atoms with E-state index in [1.54, 1.807) is 6.07 Å². The van der Waals surface area contributed by atoms with E-state index < -0.39 is 0 Å². The number of halogens is 2. The molecule has 1 aromatic rings. The SMILES string of the molecule is Nc1ccc(C=CCS)c(Cl)c1Cl. The van der Waals surface area contributed by atoms with Crippen molar-refractivity contribution >= 4 is 47.6 Å². The minimum atomic E-state index is 0.406. The van der Waals surface area contributed by atoms with Gasteiger partial charge in [0.05, 0.1) is 15.7 Å². The summed E-state index contributed by atoms with van der Waals surface area (Å²) in [6.07, 6.45) is 3.75. The van der Waals surface area contributed by atoms with Gasteiger partial charge in [0.2, 0.25) is 0 Å². The fraction of sp³-hybridized carbons (Fsp3) is 0.111. The first-order valence-electron chi connectivity index (χ1n) is 3.67. The third-order valence-corrected chi connectivity index (χ3v) is 2.67. The molecule has 0 aromatic heterocycles. The summed E-state index contributed by atoms with van der Waals surface area (Å²) in [6.45, 7) is 0. The number of nitrogens with two attached hydrogens (primary N) is 1. The number of thiol groups is 1. The monoisotopic (exact) mass is 233 g/mol. The van der Waals surface area contributed by atoms with E-state index in [1.807, 2.05) is 18.2 Å². The van der Waals surface area contributed by atoms with Crippen molar-refractivity contribution in [2.75, 3.05) is 11.5 Å². The Labute approximate surface area is 92.9 Å². The van der Waals surface area contributed by atoms with Gasteiger partial charge in [0.1, 0.15) is 0 Å². The molecule has 0 aliphatic heterocycles. The highest BCUT2D eigenvalue weighted by atomic mass is 35.5. The van der Waals surface area contributed by atoms with E-state index >= 15 is 0 Å². The average molecular weight is 234 g/mol. The molecule has 0 radical (unpaired) electrons. The quantitative estimate of drug-likeness (QED) is 0.594. The number of benzene rings is 1. The van der Waals surface area contributed by atoms with Crippen LogP contribution in [0.5, 0.6) is 0 Å². The van der Waals surface area contributed by atoms with E-state index in [0.717, 1.165) is 5.56 Å². The lowest BCUT2D eigenvalue weighted by molar-refractivity contribution is 1.63. The number of hydrogen-bond acceptors (Lipinski definition) is 2. The van der Waals surface area contributed by atoms with E-state index in [2.05, 4.69) is 12.6 Å². The zero-order chi connectivity index (χ0) is 9.84. The third kappa shape index (κ3) is 2.56. The van der Waals surface area contributed by atoms with Crippen LogP contribution in [0.15, 0.2) is 18.2 Å². The highest BCUT2D eigenvalue weighted by Gasteiger charge is 2.04. The fourth-order valence-electron chi connectivity index (χ4n) is 0.888. The highest BCUT2D eigenvalue weighted by molar-refractivity contribution is 7.80. The molecule has 0 amide bonds. The van der Waals surface area contributed by atoms with Gasteiger partial charge in [0.15, 0.2) is 0 Å². The number of anilines is 1. The maximum absolute atomic E-state index is 5.95. The Hall–Kier alpha value is -0.310. The van der Waals surface area contributed by atoms with E-state index in [9.17, 15) is 0 Å². The predicted octanol–water partition coefficient (Wildman–Crippen LogP) is 3.52. The van der Waals surface area contributed by atoms with Gasteiger partial charge in [-0.3, -0.25) is 0 Å². The molecule has 1 nitrogen and oxygen atoms in total. The van der Waals surface area contributed by atoms with Crippen molar-refractivity contribution in [2.45, 2.75) is 0 Å². The van der Waals surface area contributed by atoms with Gasteiger partial charge in [-0.2, -0.15) is 12.6 Å². The van der Waals surface area contributed by atoms with Gasteiger partial charge in [0.25, 0.3) is 0 Å². The van der Waals surface area contributed by atoms with Crippen LogP contribution >= 0.6 is 35.8 Å². The van der Waals surface area contributed by atoms with Crippen LogP contribution in [0.1, 0.15) is 5.56 Å². The standard InChI is InChI=1S/C9H9Cl2NS/c10-8-6(2-1-5-13)3-4-7(12)9(8)11/h1-4,13H,5,12H2. The molecule has 2 N–H and O–H groups in total. The molecule has 0 atom stereocenters. The lowest BCUT2D eigenvalue weighted by atomic mass is 10.2. The smallest absolute Gasteiger partial charge is 0.0827 e. The van der Waals surface area contributed by atoms with Crippen LogP contribution in [-0.2, 0) is 0 Å². The normalized spacial score (nSPS) is 11.0. The molecule has 13 heavy (non-hydrogen) atoms. The Kier molecular flexibility index (Phi) is 3.97. The summed E-state index contributed by atoms with van der Waals surface area (Å²) in [6, 6.07) is 3.55. The van der Waals surface area contributed by atoms with Crippen molar-refractivity contribution in [3.05, 3.63) is 33.8 Å². The first-order chi connectivity index (χ1) is 6.16. The molecule has 0 unspecified atom stereocenters. The molecule has 1 rings (SSSR count). The topological polar surface area (TPSA) is 26.0 Å². The van der Waals surface area contributed by atoms with Crippen LogP contribution < -0.4 is 5.73 Å². The summed E-state index contributed by atoms with van der Waals surface area (Å²) < 4.78 is 0. The van der Waals surface area contributed by atoms with Crippen molar-refractivity contribution in [1.29, 1.82) is 0 Å². The van der Waals surface area contributed by atoms with Gasteiger partial charge in [-0.25, -0.2) is 0 Å². The molecule has 0 bridgehead atoms. The summed E-state index contributed by atoms with van der Waals surface area (Å²) in [5.41, 5.74) is 6.91. The summed E-state index contributed by atoms with van der Waals surface area (Å²) in [5.74, 6) is 0.665. The van der Waals surface area contributed by atoms with E-state index in [4.69, 9.17) is 28.9 Å². The molecular formula is C9H9Cl2NS. The predicted molar refractivity (Wildman–Crippen MR) is 63.8 cm³/mol. The summed E-state index contributed by atoms with van der Waals surface area (Å²) in [5, 5.41) is 0.891. The maximum atomic E-state index is 5.95. The Balaban J connectivity index is 3.11.